The molecule has 0 radical (unpaired) electrons. The molecule has 0 fully saturated rings. The van der Waals surface area contributed by atoms with Gasteiger partial charge in [0, 0.05) is 10.7 Å². The van der Waals surface area contributed by atoms with Gasteiger partial charge in [0.05, 0.1) is 17.6 Å². The number of halogens is 1. The predicted molar refractivity (Wildman–Crippen MR) is 111 cm³/mol. The van der Waals surface area contributed by atoms with Crippen molar-refractivity contribution in [2.24, 2.45) is 0 Å². The van der Waals surface area contributed by atoms with Crippen molar-refractivity contribution >= 4 is 34.2 Å². The van der Waals surface area contributed by atoms with Gasteiger partial charge in [0.25, 0.3) is 11.5 Å². The Morgan fingerprint density at radius 2 is 1.61 bits per heavy atom. The maximum atomic E-state index is 13.1. The molecule has 28 heavy (non-hydrogen) atoms. The molecule has 4 aromatic rings. The molecule has 1 amide bonds. The van der Waals surface area contributed by atoms with Crippen LogP contribution in [0.4, 0.5) is 5.69 Å². The van der Waals surface area contributed by atoms with Crippen LogP contribution >= 0.6 is 11.6 Å². The second-order valence-corrected chi connectivity index (χ2v) is 6.72. The molecule has 0 bridgehead atoms. The molecular formula is C22H16ClN3O2. The molecule has 1 heterocycles. The molecule has 6 heteroatoms. The highest BCUT2D eigenvalue weighted by molar-refractivity contribution is 6.30. The number of nitrogens with zero attached hydrogens (tertiary/aromatic N) is 2. The van der Waals surface area contributed by atoms with Crippen molar-refractivity contribution in [2.45, 2.75) is 6.54 Å². The third kappa shape index (κ3) is 3.66. The summed E-state index contributed by atoms with van der Waals surface area (Å²) in [6.45, 7) is 0.351. The van der Waals surface area contributed by atoms with Crippen LogP contribution in [0.3, 0.4) is 0 Å². The first-order valence-electron chi connectivity index (χ1n) is 8.72. The number of carbonyl (C=O) groups is 1. The summed E-state index contributed by atoms with van der Waals surface area (Å²) in [5.74, 6) is -0.556. The van der Waals surface area contributed by atoms with Crippen molar-refractivity contribution in [2.75, 3.05) is 5.32 Å². The van der Waals surface area contributed by atoms with Crippen molar-refractivity contribution in [3.05, 3.63) is 105 Å². The first-order chi connectivity index (χ1) is 13.6. The van der Waals surface area contributed by atoms with Crippen LogP contribution < -0.4 is 10.9 Å². The van der Waals surface area contributed by atoms with E-state index >= 15 is 0 Å². The highest BCUT2D eigenvalue weighted by Crippen LogP contribution is 2.15. The summed E-state index contributed by atoms with van der Waals surface area (Å²) >= 11 is 5.88. The second kappa shape index (κ2) is 7.66. The number of hydrogen-bond donors (Lipinski definition) is 1. The van der Waals surface area contributed by atoms with Gasteiger partial charge >= 0.3 is 0 Å². The fraction of sp³-hybridized carbons (Fsp3) is 0.0455. The lowest BCUT2D eigenvalue weighted by Gasteiger charge is -2.12. The van der Waals surface area contributed by atoms with Crippen LogP contribution in [-0.4, -0.2) is 15.5 Å². The number of para-hydroxylation sites is 2. The first kappa shape index (κ1) is 17.9. The number of anilines is 1. The topological polar surface area (TPSA) is 64.0 Å². The maximum absolute atomic E-state index is 13.1. The normalized spacial score (nSPS) is 10.8. The molecule has 0 atom stereocenters. The van der Waals surface area contributed by atoms with Crippen molar-refractivity contribution < 1.29 is 4.79 Å². The Morgan fingerprint density at radius 3 is 2.36 bits per heavy atom. The fourth-order valence-electron chi connectivity index (χ4n) is 2.99. The van der Waals surface area contributed by atoms with E-state index in [1.807, 2.05) is 48.5 Å². The van der Waals surface area contributed by atoms with Crippen molar-refractivity contribution in [1.29, 1.82) is 0 Å². The van der Waals surface area contributed by atoms with Gasteiger partial charge < -0.3 is 9.88 Å². The molecule has 0 saturated carbocycles. The third-order valence-electron chi connectivity index (χ3n) is 4.35. The minimum atomic E-state index is -0.556. The molecule has 0 aliphatic carbocycles. The summed E-state index contributed by atoms with van der Waals surface area (Å²) in [5.41, 5.74) is 2.18. The van der Waals surface area contributed by atoms with Gasteiger partial charge in [0.2, 0.25) is 0 Å². The Hall–Kier alpha value is -3.44. The summed E-state index contributed by atoms with van der Waals surface area (Å²) in [6, 6.07) is 23.6. The molecule has 5 nitrogen and oxygen atoms in total. The quantitative estimate of drug-likeness (QED) is 0.564. The maximum Gasteiger partial charge on any atom is 0.283 e. The van der Waals surface area contributed by atoms with E-state index in [-0.39, 0.29) is 5.69 Å². The van der Waals surface area contributed by atoms with E-state index in [9.17, 15) is 9.59 Å². The van der Waals surface area contributed by atoms with Crippen LogP contribution in [0.15, 0.2) is 83.7 Å². The van der Waals surface area contributed by atoms with E-state index in [0.717, 1.165) is 5.56 Å². The lowest BCUT2D eigenvalue weighted by Crippen LogP contribution is -2.31. The molecule has 0 saturated heterocycles. The summed E-state index contributed by atoms with van der Waals surface area (Å²) in [4.78, 5) is 30.2. The summed E-state index contributed by atoms with van der Waals surface area (Å²) < 4.78 is 1.58. The smallest absolute Gasteiger partial charge is 0.283 e. The molecule has 4 rings (SSSR count). The number of nitrogens with one attached hydrogen (secondary N) is 1. The molecular weight excluding hydrogens is 374 g/mol. The Labute approximate surface area is 166 Å². The summed E-state index contributed by atoms with van der Waals surface area (Å²) in [7, 11) is 0. The Balaban J connectivity index is 1.78. The van der Waals surface area contributed by atoms with E-state index in [2.05, 4.69) is 10.3 Å². The summed E-state index contributed by atoms with van der Waals surface area (Å²) in [6.07, 6.45) is 0. The van der Waals surface area contributed by atoms with Crippen molar-refractivity contribution in [1.82, 2.24) is 9.55 Å². The third-order valence-corrected chi connectivity index (χ3v) is 4.61. The molecule has 0 aliphatic heterocycles. The van der Waals surface area contributed by atoms with Gasteiger partial charge in [-0.05, 0) is 42.0 Å². The number of rotatable bonds is 4. The summed E-state index contributed by atoms with van der Waals surface area (Å²) in [5, 5.41) is 3.27. The first-order valence-corrected chi connectivity index (χ1v) is 9.10. The van der Waals surface area contributed by atoms with Crippen LogP contribution in [0, 0.1) is 0 Å². The number of aromatic nitrogens is 2. The number of fused-ring (bicyclic) bond motifs is 1. The molecule has 3 aromatic carbocycles. The van der Waals surface area contributed by atoms with Crippen LogP contribution in [0.1, 0.15) is 16.1 Å². The van der Waals surface area contributed by atoms with Gasteiger partial charge in [0.15, 0.2) is 5.69 Å². The molecule has 0 spiro atoms. The standard InChI is InChI=1S/C22H16ClN3O2/c23-16-10-12-17(13-11-16)24-21(27)20-22(28)26(14-15-6-2-1-3-7-15)19-9-5-4-8-18(19)25-20/h1-13H,14H2,(H,24,27). The fourth-order valence-corrected chi connectivity index (χ4v) is 3.11. The Bertz CT molecular complexity index is 1200. The molecule has 0 unspecified atom stereocenters. The minimum Gasteiger partial charge on any atom is -0.320 e. The van der Waals surface area contributed by atoms with Crippen LogP contribution in [-0.2, 0) is 6.54 Å². The molecule has 1 N–H and O–H groups in total. The SMILES string of the molecule is O=C(Nc1ccc(Cl)cc1)c1nc2ccccc2n(Cc2ccccc2)c1=O. The minimum absolute atomic E-state index is 0.149. The zero-order valence-corrected chi connectivity index (χ0v) is 15.6. The van der Waals surface area contributed by atoms with Crippen molar-refractivity contribution in [3.8, 4) is 0 Å². The second-order valence-electron chi connectivity index (χ2n) is 6.29. The zero-order valence-electron chi connectivity index (χ0n) is 14.8. The van der Waals surface area contributed by atoms with Crippen molar-refractivity contribution in [3.63, 3.8) is 0 Å². The number of carbonyl (C=O) groups excluding carboxylic acids is 1. The van der Waals surface area contributed by atoms with Gasteiger partial charge in [0.1, 0.15) is 0 Å². The monoisotopic (exact) mass is 389 g/mol. The van der Waals surface area contributed by atoms with E-state index in [1.54, 1.807) is 34.9 Å². The lowest BCUT2D eigenvalue weighted by molar-refractivity contribution is 0.102. The molecule has 1 aromatic heterocycles. The molecule has 138 valence electrons. The predicted octanol–water partition coefficient (Wildman–Crippen LogP) is 4.35. The van der Waals surface area contributed by atoms with Gasteiger partial charge in [-0.15, -0.1) is 0 Å². The van der Waals surface area contributed by atoms with Crippen LogP contribution in [0.25, 0.3) is 11.0 Å². The van der Waals surface area contributed by atoms with Crippen LogP contribution in [0.5, 0.6) is 0 Å². The Morgan fingerprint density at radius 1 is 0.929 bits per heavy atom. The lowest BCUT2D eigenvalue weighted by atomic mass is 10.2. The van der Waals surface area contributed by atoms with E-state index in [4.69, 9.17) is 11.6 Å². The highest BCUT2D eigenvalue weighted by Gasteiger charge is 2.18. The number of hydrogen-bond acceptors (Lipinski definition) is 3. The number of amides is 1. The van der Waals surface area contributed by atoms with Crippen LogP contribution in [0.2, 0.25) is 5.02 Å². The Kier molecular flexibility index (Phi) is 4.91. The number of benzene rings is 3. The zero-order chi connectivity index (χ0) is 19.5. The highest BCUT2D eigenvalue weighted by atomic mass is 35.5. The average Bonchev–Trinajstić information content (AvgIpc) is 2.72. The molecule has 0 aliphatic rings. The van der Waals surface area contributed by atoms with Gasteiger partial charge in [-0.25, -0.2) is 4.98 Å². The van der Waals surface area contributed by atoms with Gasteiger partial charge in [-0.1, -0.05) is 54.1 Å². The van der Waals surface area contributed by atoms with E-state index in [1.165, 1.54) is 0 Å². The van der Waals surface area contributed by atoms with E-state index in [0.29, 0.717) is 28.3 Å². The van der Waals surface area contributed by atoms with Gasteiger partial charge in [-0.3, -0.25) is 9.59 Å². The largest absolute Gasteiger partial charge is 0.320 e. The van der Waals surface area contributed by atoms with Gasteiger partial charge in [-0.2, -0.15) is 0 Å². The van der Waals surface area contributed by atoms with E-state index < -0.39 is 11.5 Å². The average molecular weight is 390 g/mol.